The van der Waals surface area contributed by atoms with Crippen molar-refractivity contribution >= 4 is 35.2 Å². The van der Waals surface area contributed by atoms with E-state index in [1.165, 1.54) is 0 Å². The van der Waals surface area contributed by atoms with Crippen LogP contribution in [0.3, 0.4) is 0 Å². The summed E-state index contributed by atoms with van der Waals surface area (Å²) in [4.78, 5) is 24.4. The molecule has 1 aromatic heterocycles. The van der Waals surface area contributed by atoms with Crippen molar-refractivity contribution in [2.24, 2.45) is 0 Å². The largest absolute Gasteiger partial charge is 0.472 e. The van der Waals surface area contributed by atoms with E-state index in [2.05, 4.69) is 15.3 Å². The molecule has 1 N–H and O–H groups in total. The number of rotatable bonds is 4. The van der Waals surface area contributed by atoms with Gasteiger partial charge in [-0.15, -0.1) is 0 Å². The van der Waals surface area contributed by atoms with Crippen LogP contribution < -0.4 is 15.0 Å². The van der Waals surface area contributed by atoms with E-state index in [-0.39, 0.29) is 12.8 Å². The van der Waals surface area contributed by atoms with Gasteiger partial charge in [-0.1, -0.05) is 23.2 Å². The molecule has 9 heteroatoms. The normalized spacial score (nSPS) is 14.3. The highest BCUT2D eigenvalue weighted by Gasteiger charge is 2.22. The Morgan fingerprint density at radius 2 is 1.88 bits per heavy atom. The minimum Gasteiger partial charge on any atom is -0.472 e. The molecule has 0 unspecified atom stereocenters. The molecule has 0 saturated carbocycles. The SMILES string of the molecule is O=C(NCOc1ccc(Cl)cc1Cl)N1CCN(c2ncccn2)CC1. The summed E-state index contributed by atoms with van der Waals surface area (Å²) in [6.07, 6.45) is 3.42. The van der Waals surface area contributed by atoms with Crippen molar-refractivity contribution in [2.75, 3.05) is 37.8 Å². The molecule has 0 aliphatic carbocycles. The highest BCUT2D eigenvalue weighted by Crippen LogP contribution is 2.27. The number of urea groups is 1. The first-order valence-electron chi connectivity index (χ1n) is 7.76. The van der Waals surface area contributed by atoms with Crippen molar-refractivity contribution in [3.05, 3.63) is 46.7 Å². The Balaban J connectivity index is 1.43. The van der Waals surface area contributed by atoms with Crippen LogP contribution in [0.2, 0.25) is 10.0 Å². The summed E-state index contributed by atoms with van der Waals surface area (Å²) in [5.74, 6) is 1.15. The number of nitrogens with one attached hydrogen (secondary N) is 1. The molecular formula is C16H17Cl2N5O2. The van der Waals surface area contributed by atoms with Gasteiger partial charge in [-0.2, -0.15) is 0 Å². The summed E-state index contributed by atoms with van der Waals surface area (Å²) < 4.78 is 5.46. The number of carbonyl (C=O) groups is 1. The molecule has 0 radical (unpaired) electrons. The number of carbonyl (C=O) groups excluding carboxylic acids is 1. The van der Waals surface area contributed by atoms with Crippen molar-refractivity contribution in [2.45, 2.75) is 0 Å². The molecule has 25 heavy (non-hydrogen) atoms. The highest BCUT2D eigenvalue weighted by molar-refractivity contribution is 6.35. The third-order valence-electron chi connectivity index (χ3n) is 3.75. The van der Waals surface area contributed by atoms with Crippen molar-refractivity contribution in [1.82, 2.24) is 20.2 Å². The van der Waals surface area contributed by atoms with Crippen molar-refractivity contribution in [3.63, 3.8) is 0 Å². The fourth-order valence-corrected chi connectivity index (χ4v) is 2.91. The van der Waals surface area contributed by atoms with Crippen LogP contribution in [-0.2, 0) is 0 Å². The lowest BCUT2D eigenvalue weighted by Gasteiger charge is -2.34. The number of aromatic nitrogens is 2. The van der Waals surface area contributed by atoms with E-state index < -0.39 is 0 Å². The first-order chi connectivity index (χ1) is 12.1. The summed E-state index contributed by atoms with van der Waals surface area (Å²) >= 11 is 11.8. The first kappa shape index (κ1) is 17.6. The van der Waals surface area contributed by atoms with Gasteiger partial charge < -0.3 is 19.9 Å². The van der Waals surface area contributed by atoms with E-state index >= 15 is 0 Å². The molecule has 0 spiro atoms. The second kappa shape index (κ2) is 8.22. The summed E-state index contributed by atoms with van der Waals surface area (Å²) in [6.45, 7) is 2.57. The number of ether oxygens (including phenoxy) is 1. The zero-order valence-corrected chi connectivity index (χ0v) is 14.9. The number of halogens is 2. The second-order valence-corrected chi connectivity index (χ2v) is 6.21. The Hall–Kier alpha value is -2.25. The van der Waals surface area contributed by atoms with Gasteiger partial charge in [-0.25, -0.2) is 14.8 Å². The Morgan fingerprint density at radius 1 is 1.16 bits per heavy atom. The average Bonchev–Trinajstić information content (AvgIpc) is 2.64. The van der Waals surface area contributed by atoms with Crippen LogP contribution in [0.5, 0.6) is 5.75 Å². The Kier molecular flexibility index (Phi) is 5.78. The number of amides is 2. The van der Waals surface area contributed by atoms with E-state index in [1.807, 2.05) is 4.90 Å². The van der Waals surface area contributed by atoms with E-state index in [9.17, 15) is 4.79 Å². The molecule has 1 fully saturated rings. The molecule has 2 aromatic rings. The van der Waals surface area contributed by atoms with Crippen LogP contribution >= 0.6 is 23.2 Å². The van der Waals surface area contributed by atoms with Gasteiger partial charge >= 0.3 is 6.03 Å². The molecule has 1 aromatic carbocycles. The number of piperazine rings is 1. The molecule has 3 rings (SSSR count). The van der Waals surface area contributed by atoms with E-state index in [4.69, 9.17) is 27.9 Å². The summed E-state index contributed by atoms with van der Waals surface area (Å²) in [5, 5.41) is 3.65. The quantitative estimate of drug-likeness (QED) is 0.824. The molecule has 0 atom stereocenters. The van der Waals surface area contributed by atoms with E-state index in [0.717, 1.165) is 0 Å². The Bertz CT molecular complexity index is 724. The van der Waals surface area contributed by atoms with Crippen LogP contribution in [0.1, 0.15) is 0 Å². The molecular weight excluding hydrogens is 365 g/mol. The fraction of sp³-hybridized carbons (Fsp3) is 0.312. The second-order valence-electron chi connectivity index (χ2n) is 5.37. The Morgan fingerprint density at radius 3 is 2.56 bits per heavy atom. The third kappa shape index (κ3) is 4.64. The Labute approximate surface area is 155 Å². The highest BCUT2D eigenvalue weighted by atomic mass is 35.5. The number of benzene rings is 1. The van der Waals surface area contributed by atoms with Crippen LogP contribution in [0, 0.1) is 0 Å². The van der Waals surface area contributed by atoms with E-state index in [1.54, 1.807) is 41.6 Å². The lowest BCUT2D eigenvalue weighted by molar-refractivity contribution is 0.181. The lowest BCUT2D eigenvalue weighted by atomic mass is 10.3. The lowest BCUT2D eigenvalue weighted by Crippen LogP contribution is -2.52. The monoisotopic (exact) mass is 381 g/mol. The van der Waals surface area contributed by atoms with Gasteiger partial charge in [0.1, 0.15) is 5.75 Å². The minimum atomic E-state index is -0.182. The van der Waals surface area contributed by atoms with Crippen LogP contribution in [0.15, 0.2) is 36.7 Å². The number of anilines is 1. The first-order valence-corrected chi connectivity index (χ1v) is 8.51. The molecule has 7 nitrogen and oxygen atoms in total. The van der Waals surface area contributed by atoms with E-state index in [0.29, 0.717) is 47.9 Å². The van der Waals surface area contributed by atoms with Crippen molar-refractivity contribution in [3.8, 4) is 5.75 Å². The summed E-state index contributed by atoms with van der Waals surface area (Å²) in [6, 6.07) is 6.52. The maximum atomic E-state index is 12.2. The van der Waals surface area contributed by atoms with Crippen molar-refractivity contribution < 1.29 is 9.53 Å². The van der Waals surface area contributed by atoms with Crippen LogP contribution in [0.4, 0.5) is 10.7 Å². The van der Waals surface area contributed by atoms with Gasteiger partial charge in [0.05, 0.1) is 5.02 Å². The molecule has 1 saturated heterocycles. The predicted octanol–water partition coefficient (Wildman–Crippen LogP) is 2.65. The van der Waals surface area contributed by atoms with Gasteiger partial charge in [0.15, 0.2) is 6.73 Å². The molecule has 1 aliphatic rings. The van der Waals surface area contributed by atoms with Gasteiger partial charge in [0, 0.05) is 43.6 Å². The molecule has 2 heterocycles. The number of hydrogen-bond acceptors (Lipinski definition) is 5. The molecule has 2 amide bonds. The summed E-state index contributed by atoms with van der Waals surface area (Å²) in [7, 11) is 0. The van der Waals surface area contributed by atoms with Gasteiger partial charge in [0.2, 0.25) is 5.95 Å². The summed E-state index contributed by atoms with van der Waals surface area (Å²) in [5.41, 5.74) is 0. The third-order valence-corrected chi connectivity index (χ3v) is 4.28. The van der Waals surface area contributed by atoms with Gasteiger partial charge in [0.25, 0.3) is 0 Å². The van der Waals surface area contributed by atoms with Crippen molar-refractivity contribution in [1.29, 1.82) is 0 Å². The maximum absolute atomic E-state index is 12.2. The molecule has 132 valence electrons. The zero-order valence-electron chi connectivity index (χ0n) is 13.4. The predicted molar refractivity (Wildman–Crippen MR) is 96.3 cm³/mol. The fourth-order valence-electron chi connectivity index (χ4n) is 2.44. The smallest absolute Gasteiger partial charge is 0.320 e. The topological polar surface area (TPSA) is 70.6 Å². The number of nitrogens with zero attached hydrogens (tertiary/aromatic N) is 4. The minimum absolute atomic E-state index is 0.0300. The zero-order chi connectivity index (χ0) is 17.6. The standard InChI is InChI=1S/C16H17Cl2N5O2/c17-12-2-3-14(13(18)10-12)25-11-21-16(24)23-8-6-22(7-9-23)15-19-4-1-5-20-15/h1-5,10H,6-9,11H2,(H,21,24). The molecule has 0 bridgehead atoms. The van der Waals surface area contributed by atoms with Crippen LogP contribution in [-0.4, -0.2) is 53.8 Å². The van der Waals surface area contributed by atoms with Gasteiger partial charge in [-0.3, -0.25) is 0 Å². The average molecular weight is 382 g/mol. The number of hydrogen-bond donors (Lipinski definition) is 1. The van der Waals surface area contributed by atoms with Gasteiger partial charge in [-0.05, 0) is 24.3 Å². The molecule has 1 aliphatic heterocycles. The maximum Gasteiger partial charge on any atom is 0.320 e. The van der Waals surface area contributed by atoms with Crippen LogP contribution in [0.25, 0.3) is 0 Å².